The van der Waals surface area contributed by atoms with Gasteiger partial charge in [0.1, 0.15) is 6.54 Å². The Morgan fingerprint density at radius 3 is 2.26 bits per heavy atom. The molecule has 0 aliphatic carbocycles. The zero-order chi connectivity index (χ0) is 20.3. The van der Waals surface area contributed by atoms with Gasteiger partial charge in [0.25, 0.3) is 0 Å². The molecule has 0 fully saturated rings. The van der Waals surface area contributed by atoms with Crippen LogP contribution in [-0.2, 0) is 17.5 Å². The van der Waals surface area contributed by atoms with E-state index in [-0.39, 0.29) is 18.5 Å². The molecule has 5 nitrogen and oxygen atoms in total. The van der Waals surface area contributed by atoms with Crippen molar-refractivity contribution >= 4 is 5.91 Å². The third-order valence-electron chi connectivity index (χ3n) is 4.33. The van der Waals surface area contributed by atoms with Gasteiger partial charge in [-0.25, -0.2) is 0 Å². The number of hydrogen-bond donors (Lipinski definition) is 1. The molecule has 0 aliphatic rings. The second kappa shape index (κ2) is 12.0. The minimum absolute atomic E-state index is 0.0709. The minimum atomic E-state index is -4.49. The fraction of sp³-hybridized carbons (Fsp3) is 0.789. The summed E-state index contributed by atoms with van der Waals surface area (Å²) in [5.74, 6) is -0.332. The van der Waals surface area contributed by atoms with Gasteiger partial charge in [-0.2, -0.15) is 18.3 Å². The maximum atomic E-state index is 12.6. The summed E-state index contributed by atoms with van der Waals surface area (Å²) in [5.41, 5.74) is -0.985. The number of hydrogen-bond acceptors (Lipinski definition) is 3. The normalized spacial score (nSPS) is 13.1. The van der Waals surface area contributed by atoms with E-state index in [9.17, 15) is 18.0 Å². The molecule has 1 N–H and O–H groups in total. The highest BCUT2D eigenvalue weighted by molar-refractivity contribution is 5.75. The van der Waals surface area contributed by atoms with Crippen molar-refractivity contribution in [1.82, 2.24) is 20.0 Å². The Bertz CT molecular complexity index is 535. The van der Waals surface area contributed by atoms with E-state index in [0.717, 1.165) is 43.2 Å². The van der Waals surface area contributed by atoms with Gasteiger partial charge >= 0.3 is 6.18 Å². The highest BCUT2D eigenvalue weighted by Crippen LogP contribution is 2.27. The second-order valence-electron chi connectivity index (χ2n) is 7.08. The molecule has 0 aliphatic heterocycles. The van der Waals surface area contributed by atoms with Crippen LogP contribution in [0.25, 0.3) is 0 Å². The molecule has 156 valence electrons. The molecule has 0 saturated heterocycles. The van der Waals surface area contributed by atoms with E-state index in [2.05, 4.69) is 29.2 Å². The maximum absolute atomic E-state index is 12.6. The quantitative estimate of drug-likeness (QED) is 0.516. The number of amides is 1. The average Bonchev–Trinajstić information content (AvgIpc) is 3.03. The molecule has 0 bridgehead atoms. The monoisotopic (exact) mass is 390 g/mol. The number of aromatic nitrogens is 2. The lowest BCUT2D eigenvalue weighted by atomic mass is 10.2. The van der Waals surface area contributed by atoms with Crippen molar-refractivity contribution in [3.8, 4) is 0 Å². The molecule has 1 aromatic heterocycles. The molecule has 8 heteroatoms. The first kappa shape index (κ1) is 23.5. The van der Waals surface area contributed by atoms with Crippen molar-refractivity contribution in [2.45, 2.75) is 78.1 Å². The zero-order valence-electron chi connectivity index (χ0n) is 16.7. The molecule has 1 atom stereocenters. The third-order valence-corrected chi connectivity index (χ3v) is 4.33. The van der Waals surface area contributed by atoms with Crippen LogP contribution < -0.4 is 5.32 Å². The van der Waals surface area contributed by atoms with Gasteiger partial charge in [0.2, 0.25) is 5.91 Å². The summed E-state index contributed by atoms with van der Waals surface area (Å²) >= 11 is 0. The summed E-state index contributed by atoms with van der Waals surface area (Å²) in [5, 5.41) is 6.27. The van der Waals surface area contributed by atoms with Gasteiger partial charge in [0.15, 0.2) is 5.69 Å². The van der Waals surface area contributed by atoms with E-state index in [1.807, 2.05) is 6.92 Å². The van der Waals surface area contributed by atoms with E-state index in [0.29, 0.717) is 0 Å². The van der Waals surface area contributed by atoms with Gasteiger partial charge in [-0.1, -0.05) is 39.5 Å². The van der Waals surface area contributed by atoms with Crippen LogP contribution in [0, 0.1) is 0 Å². The van der Waals surface area contributed by atoms with E-state index < -0.39 is 11.9 Å². The molecule has 1 aromatic rings. The predicted octanol–water partition coefficient (Wildman–Crippen LogP) is 4.09. The summed E-state index contributed by atoms with van der Waals surface area (Å²) < 4.78 is 38.7. The Morgan fingerprint density at radius 2 is 1.78 bits per heavy atom. The zero-order valence-corrected chi connectivity index (χ0v) is 16.7. The Balaban J connectivity index is 2.47. The van der Waals surface area contributed by atoms with E-state index >= 15 is 0 Å². The molecule has 1 rings (SSSR count). The Morgan fingerprint density at radius 1 is 1.19 bits per heavy atom. The largest absolute Gasteiger partial charge is 0.435 e. The summed E-state index contributed by atoms with van der Waals surface area (Å²) in [6, 6.07) is 0.804. The van der Waals surface area contributed by atoms with Crippen molar-refractivity contribution in [2.75, 3.05) is 19.6 Å². The number of carbonyl (C=O) groups is 1. The average molecular weight is 390 g/mol. The van der Waals surface area contributed by atoms with Crippen LogP contribution in [0.5, 0.6) is 0 Å². The SMILES string of the molecule is CCCCCN(CCCCC)CC(C)NC(=O)Cn1ccc(C(F)(F)F)n1. The lowest BCUT2D eigenvalue weighted by Gasteiger charge is -2.26. The Labute approximate surface area is 160 Å². The first-order chi connectivity index (χ1) is 12.8. The predicted molar refractivity (Wildman–Crippen MR) is 100 cm³/mol. The van der Waals surface area contributed by atoms with Crippen molar-refractivity contribution in [3.05, 3.63) is 18.0 Å². The van der Waals surface area contributed by atoms with Crippen molar-refractivity contribution in [3.63, 3.8) is 0 Å². The second-order valence-corrected chi connectivity index (χ2v) is 7.08. The smallest absolute Gasteiger partial charge is 0.351 e. The van der Waals surface area contributed by atoms with Crippen LogP contribution in [0.2, 0.25) is 0 Å². The van der Waals surface area contributed by atoms with Crippen LogP contribution in [0.1, 0.15) is 65.0 Å². The third kappa shape index (κ3) is 9.79. The fourth-order valence-corrected chi connectivity index (χ4v) is 2.97. The van der Waals surface area contributed by atoms with Crippen molar-refractivity contribution < 1.29 is 18.0 Å². The molecular formula is C19H33F3N4O. The van der Waals surface area contributed by atoms with E-state index in [1.54, 1.807) is 0 Å². The summed E-state index contributed by atoms with van der Waals surface area (Å²) in [6.45, 7) is 8.80. The van der Waals surface area contributed by atoms with Gasteiger partial charge in [-0.3, -0.25) is 9.48 Å². The van der Waals surface area contributed by atoms with Crippen LogP contribution in [0.4, 0.5) is 13.2 Å². The molecule has 0 saturated carbocycles. The van der Waals surface area contributed by atoms with Gasteiger partial charge in [0, 0.05) is 18.8 Å². The van der Waals surface area contributed by atoms with Gasteiger partial charge in [-0.15, -0.1) is 0 Å². The van der Waals surface area contributed by atoms with Gasteiger partial charge in [0.05, 0.1) is 0 Å². The number of nitrogens with zero attached hydrogens (tertiary/aromatic N) is 3. The standard InChI is InChI=1S/C19H33F3N4O/c1-4-6-8-11-25(12-9-7-5-2)14-16(3)23-18(27)15-26-13-10-17(24-26)19(20,21)22/h10,13,16H,4-9,11-12,14-15H2,1-3H3,(H,23,27). The summed E-state index contributed by atoms with van der Waals surface area (Å²) in [7, 11) is 0. The van der Waals surface area contributed by atoms with Gasteiger partial charge < -0.3 is 10.2 Å². The highest BCUT2D eigenvalue weighted by Gasteiger charge is 2.33. The van der Waals surface area contributed by atoms with Crippen LogP contribution in [0.15, 0.2) is 12.3 Å². The van der Waals surface area contributed by atoms with Crippen LogP contribution >= 0.6 is 0 Å². The lowest BCUT2D eigenvalue weighted by molar-refractivity contribution is -0.141. The van der Waals surface area contributed by atoms with Gasteiger partial charge in [-0.05, 0) is 38.9 Å². The van der Waals surface area contributed by atoms with Crippen LogP contribution in [-0.4, -0.2) is 46.3 Å². The van der Waals surface area contributed by atoms with Crippen molar-refractivity contribution in [1.29, 1.82) is 0 Å². The number of halogens is 3. The molecule has 1 unspecified atom stereocenters. The Kier molecular flexibility index (Phi) is 10.4. The number of unbranched alkanes of at least 4 members (excludes halogenated alkanes) is 4. The molecule has 0 radical (unpaired) electrons. The first-order valence-electron chi connectivity index (χ1n) is 9.88. The first-order valence-corrected chi connectivity index (χ1v) is 9.88. The lowest BCUT2D eigenvalue weighted by Crippen LogP contribution is -2.43. The summed E-state index contributed by atoms with van der Waals surface area (Å²) in [4.78, 5) is 14.5. The molecule has 0 spiro atoms. The number of carbonyl (C=O) groups excluding carboxylic acids is 1. The fourth-order valence-electron chi connectivity index (χ4n) is 2.97. The van der Waals surface area contributed by atoms with E-state index in [1.165, 1.54) is 31.9 Å². The molecule has 1 amide bonds. The highest BCUT2D eigenvalue weighted by atomic mass is 19.4. The van der Waals surface area contributed by atoms with Crippen LogP contribution in [0.3, 0.4) is 0 Å². The van der Waals surface area contributed by atoms with E-state index in [4.69, 9.17) is 0 Å². The maximum Gasteiger partial charge on any atom is 0.435 e. The molecule has 0 aromatic carbocycles. The topological polar surface area (TPSA) is 50.2 Å². The number of alkyl halides is 3. The molecule has 27 heavy (non-hydrogen) atoms. The minimum Gasteiger partial charge on any atom is -0.351 e. The Hall–Kier alpha value is -1.57. The number of nitrogens with one attached hydrogen (secondary N) is 1. The number of rotatable bonds is 13. The van der Waals surface area contributed by atoms with Crippen molar-refractivity contribution in [2.24, 2.45) is 0 Å². The summed E-state index contributed by atoms with van der Waals surface area (Å²) in [6.07, 6.45) is 3.66. The molecular weight excluding hydrogens is 357 g/mol. The molecule has 1 heterocycles.